The van der Waals surface area contributed by atoms with E-state index in [0.29, 0.717) is 25.9 Å². The smallest absolute Gasteiger partial charge is 0.311 e. The molecule has 0 saturated carbocycles. The monoisotopic (exact) mass is 328 g/mol. The highest BCUT2D eigenvalue weighted by atomic mass is 19.1. The van der Waals surface area contributed by atoms with E-state index in [1.54, 1.807) is 18.3 Å². The van der Waals surface area contributed by atoms with Gasteiger partial charge in [0.25, 0.3) is 0 Å². The van der Waals surface area contributed by atoms with Gasteiger partial charge >= 0.3 is 5.97 Å². The van der Waals surface area contributed by atoms with Gasteiger partial charge in [0.15, 0.2) is 0 Å². The molecule has 1 unspecified atom stereocenters. The number of hydrogen-bond acceptors (Lipinski definition) is 3. The SMILES string of the molecule is O=C(O)C1(Cc2ccc(F)cc2)CCCN(Cc2ccccn2)C1. The lowest BCUT2D eigenvalue weighted by Crippen LogP contribution is -2.48. The highest BCUT2D eigenvalue weighted by molar-refractivity contribution is 5.75. The van der Waals surface area contributed by atoms with Crippen molar-refractivity contribution in [3.63, 3.8) is 0 Å². The maximum Gasteiger partial charge on any atom is 0.311 e. The van der Waals surface area contributed by atoms with E-state index in [0.717, 1.165) is 24.2 Å². The van der Waals surface area contributed by atoms with E-state index in [4.69, 9.17) is 0 Å². The summed E-state index contributed by atoms with van der Waals surface area (Å²) in [5.41, 5.74) is 0.976. The molecule has 1 aliphatic heterocycles. The van der Waals surface area contributed by atoms with Crippen molar-refractivity contribution in [2.45, 2.75) is 25.8 Å². The zero-order valence-electron chi connectivity index (χ0n) is 13.5. The van der Waals surface area contributed by atoms with E-state index < -0.39 is 11.4 Å². The number of nitrogens with zero attached hydrogens (tertiary/aromatic N) is 2. The third-order valence-corrected chi connectivity index (χ3v) is 4.68. The summed E-state index contributed by atoms with van der Waals surface area (Å²) in [6.07, 6.45) is 3.64. The van der Waals surface area contributed by atoms with Crippen LogP contribution in [0.2, 0.25) is 0 Å². The number of pyridine rings is 1. The van der Waals surface area contributed by atoms with Gasteiger partial charge in [-0.25, -0.2) is 4.39 Å². The number of likely N-dealkylation sites (tertiary alicyclic amines) is 1. The summed E-state index contributed by atoms with van der Waals surface area (Å²) in [6.45, 7) is 2.00. The van der Waals surface area contributed by atoms with E-state index in [9.17, 15) is 14.3 Å². The number of halogens is 1. The van der Waals surface area contributed by atoms with Crippen molar-refractivity contribution < 1.29 is 14.3 Å². The predicted octanol–water partition coefficient (Wildman–Crippen LogP) is 3.13. The van der Waals surface area contributed by atoms with Crippen molar-refractivity contribution in [3.05, 3.63) is 65.7 Å². The number of aliphatic carboxylic acids is 1. The second-order valence-electron chi connectivity index (χ2n) is 6.52. The van der Waals surface area contributed by atoms with Crippen LogP contribution < -0.4 is 0 Å². The Balaban J connectivity index is 1.76. The molecule has 2 heterocycles. The minimum Gasteiger partial charge on any atom is -0.481 e. The first kappa shape index (κ1) is 16.6. The minimum atomic E-state index is -0.829. The van der Waals surface area contributed by atoms with E-state index in [1.807, 2.05) is 18.2 Å². The normalized spacial score (nSPS) is 21.5. The van der Waals surface area contributed by atoms with Crippen molar-refractivity contribution >= 4 is 5.97 Å². The molecule has 1 aromatic heterocycles. The van der Waals surface area contributed by atoms with Crippen molar-refractivity contribution in [2.24, 2.45) is 5.41 Å². The number of piperidine rings is 1. The molecule has 1 aromatic carbocycles. The van der Waals surface area contributed by atoms with Crippen LogP contribution >= 0.6 is 0 Å². The second kappa shape index (κ2) is 7.09. The molecule has 0 spiro atoms. The van der Waals surface area contributed by atoms with Gasteiger partial charge in [0.1, 0.15) is 5.82 Å². The van der Waals surface area contributed by atoms with Gasteiger partial charge in [-0.15, -0.1) is 0 Å². The first-order valence-corrected chi connectivity index (χ1v) is 8.18. The zero-order valence-corrected chi connectivity index (χ0v) is 13.5. The molecule has 1 aliphatic rings. The van der Waals surface area contributed by atoms with Gasteiger partial charge < -0.3 is 5.11 Å². The third kappa shape index (κ3) is 3.79. The number of carbonyl (C=O) groups is 1. The largest absolute Gasteiger partial charge is 0.481 e. The Bertz CT molecular complexity index is 690. The number of rotatable bonds is 5. The summed E-state index contributed by atoms with van der Waals surface area (Å²) < 4.78 is 13.1. The lowest BCUT2D eigenvalue weighted by molar-refractivity contribution is -0.152. The van der Waals surface area contributed by atoms with E-state index in [1.165, 1.54) is 12.1 Å². The fraction of sp³-hybridized carbons (Fsp3) is 0.368. The molecular weight excluding hydrogens is 307 g/mol. The summed E-state index contributed by atoms with van der Waals surface area (Å²) in [5, 5.41) is 9.87. The standard InChI is InChI=1S/C19H21FN2O2/c20-16-7-5-15(6-8-16)12-19(18(23)24)9-3-11-22(14-19)13-17-4-1-2-10-21-17/h1-2,4-8,10H,3,9,11-14H2,(H,23,24). The van der Waals surface area contributed by atoms with Crippen LogP contribution in [0.1, 0.15) is 24.1 Å². The summed E-state index contributed by atoms with van der Waals surface area (Å²) in [5.74, 6) is -1.08. The van der Waals surface area contributed by atoms with Crippen LogP contribution in [-0.2, 0) is 17.8 Å². The van der Waals surface area contributed by atoms with Crippen molar-refractivity contribution in [1.29, 1.82) is 0 Å². The van der Waals surface area contributed by atoms with Gasteiger partial charge in [0.05, 0.1) is 11.1 Å². The minimum absolute atomic E-state index is 0.302. The van der Waals surface area contributed by atoms with Crippen LogP contribution in [-0.4, -0.2) is 34.0 Å². The highest BCUT2D eigenvalue weighted by Gasteiger charge is 2.42. The molecule has 3 rings (SSSR count). The van der Waals surface area contributed by atoms with Gasteiger partial charge in [-0.05, 0) is 55.6 Å². The van der Waals surface area contributed by atoms with Gasteiger partial charge in [-0.2, -0.15) is 0 Å². The summed E-state index contributed by atoms with van der Waals surface area (Å²) in [4.78, 5) is 18.5. The molecule has 2 aromatic rings. The molecule has 126 valence electrons. The van der Waals surface area contributed by atoms with Gasteiger partial charge in [0, 0.05) is 19.3 Å². The Morgan fingerprint density at radius 1 is 1.25 bits per heavy atom. The van der Waals surface area contributed by atoms with Crippen LogP contribution in [0.4, 0.5) is 4.39 Å². The van der Waals surface area contributed by atoms with Crippen LogP contribution in [0.3, 0.4) is 0 Å². The lowest BCUT2D eigenvalue weighted by Gasteiger charge is -2.40. The molecule has 24 heavy (non-hydrogen) atoms. The number of carboxylic acids is 1. The highest BCUT2D eigenvalue weighted by Crippen LogP contribution is 2.34. The van der Waals surface area contributed by atoms with Gasteiger partial charge in [-0.1, -0.05) is 18.2 Å². The van der Waals surface area contributed by atoms with Crippen LogP contribution in [0, 0.1) is 11.2 Å². The third-order valence-electron chi connectivity index (χ3n) is 4.68. The Morgan fingerprint density at radius 2 is 2.04 bits per heavy atom. The van der Waals surface area contributed by atoms with E-state index in [2.05, 4.69) is 9.88 Å². The summed E-state index contributed by atoms with van der Waals surface area (Å²) in [6, 6.07) is 11.9. The summed E-state index contributed by atoms with van der Waals surface area (Å²) in [7, 11) is 0. The lowest BCUT2D eigenvalue weighted by atomic mass is 9.75. The molecule has 0 radical (unpaired) electrons. The number of carboxylic acid groups (broad SMARTS) is 1. The van der Waals surface area contributed by atoms with Gasteiger partial charge in [-0.3, -0.25) is 14.7 Å². The fourth-order valence-electron chi connectivity index (χ4n) is 3.47. The Labute approximate surface area is 141 Å². The molecule has 0 aliphatic carbocycles. The first-order chi connectivity index (χ1) is 11.6. The van der Waals surface area contributed by atoms with Crippen molar-refractivity contribution in [3.8, 4) is 0 Å². The Kier molecular flexibility index (Phi) is 4.90. The number of hydrogen-bond donors (Lipinski definition) is 1. The van der Waals surface area contributed by atoms with Crippen molar-refractivity contribution in [2.75, 3.05) is 13.1 Å². The predicted molar refractivity (Wildman–Crippen MR) is 88.9 cm³/mol. The topological polar surface area (TPSA) is 53.4 Å². The quantitative estimate of drug-likeness (QED) is 0.916. The molecular formula is C19H21FN2O2. The molecule has 0 bridgehead atoms. The molecule has 1 N–H and O–H groups in total. The number of benzene rings is 1. The average Bonchev–Trinajstić information content (AvgIpc) is 2.58. The van der Waals surface area contributed by atoms with Gasteiger partial charge in [0.2, 0.25) is 0 Å². The summed E-state index contributed by atoms with van der Waals surface area (Å²) >= 11 is 0. The zero-order chi connectivity index (χ0) is 17.0. The Hall–Kier alpha value is -2.27. The molecule has 4 nitrogen and oxygen atoms in total. The molecule has 0 amide bonds. The van der Waals surface area contributed by atoms with E-state index >= 15 is 0 Å². The van der Waals surface area contributed by atoms with Crippen LogP contribution in [0.5, 0.6) is 0 Å². The van der Waals surface area contributed by atoms with E-state index in [-0.39, 0.29) is 5.82 Å². The fourth-order valence-corrected chi connectivity index (χ4v) is 3.47. The Morgan fingerprint density at radius 3 is 2.71 bits per heavy atom. The maximum absolute atomic E-state index is 13.1. The molecule has 1 atom stereocenters. The molecule has 5 heteroatoms. The van der Waals surface area contributed by atoms with Crippen molar-refractivity contribution in [1.82, 2.24) is 9.88 Å². The molecule has 1 fully saturated rings. The maximum atomic E-state index is 13.1. The first-order valence-electron chi connectivity index (χ1n) is 8.18. The molecule has 1 saturated heterocycles. The van der Waals surface area contributed by atoms with Crippen LogP contribution in [0.15, 0.2) is 48.7 Å². The van der Waals surface area contributed by atoms with Crippen LogP contribution in [0.25, 0.3) is 0 Å². The second-order valence-corrected chi connectivity index (χ2v) is 6.52. The number of aromatic nitrogens is 1. The average molecular weight is 328 g/mol.